The molecule has 192 valence electrons. The van der Waals surface area contributed by atoms with Crippen molar-refractivity contribution in [2.75, 3.05) is 5.32 Å². The summed E-state index contributed by atoms with van der Waals surface area (Å²) in [5.74, 6) is -0.834. The Balaban J connectivity index is 0.000000204. The standard InChI is InChI=1S/C19H18FN3O.C12H8ClF/c1-12-4-6-14(7-5-12)16-10-15(20)8-9-18(16)21-19(24)17-11-23(3)22-13(17)2;13-11-6-4-9(5-7-11)10-2-1-3-12(14)8-10/h4-11H,1-3H3,(H,21,24);1-8H. The van der Waals surface area contributed by atoms with Crippen LogP contribution in [0.2, 0.25) is 5.02 Å². The molecule has 0 aliphatic heterocycles. The van der Waals surface area contributed by atoms with E-state index in [2.05, 4.69) is 10.4 Å². The van der Waals surface area contributed by atoms with Gasteiger partial charge < -0.3 is 5.32 Å². The summed E-state index contributed by atoms with van der Waals surface area (Å²) >= 11 is 5.76. The molecule has 1 N–H and O–H groups in total. The Morgan fingerprint density at radius 1 is 0.816 bits per heavy atom. The van der Waals surface area contributed by atoms with Crippen LogP contribution in [0.4, 0.5) is 14.5 Å². The molecule has 0 radical (unpaired) electrons. The summed E-state index contributed by atoms with van der Waals surface area (Å²) in [6.45, 7) is 3.77. The molecule has 0 aliphatic rings. The van der Waals surface area contributed by atoms with E-state index in [1.165, 1.54) is 24.3 Å². The Bertz CT molecular complexity index is 1560. The van der Waals surface area contributed by atoms with E-state index in [1.807, 2.05) is 49.4 Å². The topological polar surface area (TPSA) is 46.9 Å². The van der Waals surface area contributed by atoms with Gasteiger partial charge in [0, 0.05) is 29.5 Å². The monoisotopic (exact) mass is 529 g/mol. The van der Waals surface area contributed by atoms with Crippen molar-refractivity contribution >= 4 is 23.2 Å². The van der Waals surface area contributed by atoms with Crippen LogP contribution in [0.5, 0.6) is 0 Å². The fourth-order valence-corrected chi connectivity index (χ4v) is 4.05. The number of halogens is 3. The summed E-state index contributed by atoms with van der Waals surface area (Å²) in [5.41, 5.74) is 6.14. The second-order valence-electron chi connectivity index (χ2n) is 8.83. The second kappa shape index (κ2) is 11.8. The van der Waals surface area contributed by atoms with Gasteiger partial charge in [0.2, 0.25) is 0 Å². The van der Waals surface area contributed by atoms with E-state index in [0.29, 0.717) is 27.5 Å². The van der Waals surface area contributed by atoms with E-state index in [9.17, 15) is 13.6 Å². The van der Waals surface area contributed by atoms with Crippen molar-refractivity contribution in [2.45, 2.75) is 13.8 Å². The zero-order valence-corrected chi connectivity index (χ0v) is 21.9. The van der Waals surface area contributed by atoms with Gasteiger partial charge in [0.25, 0.3) is 5.91 Å². The van der Waals surface area contributed by atoms with Gasteiger partial charge in [0.15, 0.2) is 0 Å². The first-order valence-electron chi connectivity index (χ1n) is 11.9. The van der Waals surface area contributed by atoms with E-state index in [-0.39, 0.29) is 17.5 Å². The van der Waals surface area contributed by atoms with Crippen molar-refractivity contribution in [1.29, 1.82) is 0 Å². The van der Waals surface area contributed by atoms with Crippen molar-refractivity contribution in [3.63, 3.8) is 0 Å². The number of nitrogens with one attached hydrogen (secondary N) is 1. The first kappa shape index (κ1) is 26.8. The van der Waals surface area contributed by atoms with Gasteiger partial charge in [-0.25, -0.2) is 8.78 Å². The smallest absolute Gasteiger partial charge is 0.259 e. The van der Waals surface area contributed by atoms with E-state index >= 15 is 0 Å². The van der Waals surface area contributed by atoms with Gasteiger partial charge in [-0.1, -0.05) is 65.7 Å². The van der Waals surface area contributed by atoms with Crippen LogP contribution in [0.3, 0.4) is 0 Å². The summed E-state index contributed by atoms with van der Waals surface area (Å²) in [5, 5.41) is 7.72. The van der Waals surface area contributed by atoms with Crippen LogP contribution in [-0.2, 0) is 7.05 Å². The van der Waals surface area contributed by atoms with Crippen molar-refractivity contribution in [2.24, 2.45) is 7.05 Å². The van der Waals surface area contributed by atoms with Crippen molar-refractivity contribution in [3.05, 3.63) is 131 Å². The maximum atomic E-state index is 13.7. The van der Waals surface area contributed by atoms with E-state index in [1.54, 1.807) is 49.1 Å². The molecule has 5 rings (SSSR count). The number of carbonyl (C=O) groups is 1. The largest absolute Gasteiger partial charge is 0.321 e. The summed E-state index contributed by atoms with van der Waals surface area (Å²) < 4.78 is 28.2. The third-order valence-electron chi connectivity index (χ3n) is 5.85. The lowest BCUT2D eigenvalue weighted by Crippen LogP contribution is -2.13. The van der Waals surface area contributed by atoms with E-state index in [4.69, 9.17) is 11.6 Å². The molecule has 0 bridgehead atoms. The molecule has 38 heavy (non-hydrogen) atoms. The average Bonchev–Trinajstić information content (AvgIpc) is 3.24. The second-order valence-corrected chi connectivity index (χ2v) is 9.27. The third kappa shape index (κ3) is 6.72. The number of amides is 1. The fourth-order valence-electron chi connectivity index (χ4n) is 3.92. The number of anilines is 1. The predicted octanol–water partition coefficient (Wildman–Crippen LogP) is 8.24. The van der Waals surface area contributed by atoms with Gasteiger partial charge >= 0.3 is 0 Å². The number of rotatable bonds is 4. The highest BCUT2D eigenvalue weighted by Gasteiger charge is 2.15. The van der Waals surface area contributed by atoms with Gasteiger partial charge in [0.1, 0.15) is 11.6 Å². The zero-order valence-electron chi connectivity index (χ0n) is 21.2. The Morgan fingerprint density at radius 3 is 2.11 bits per heavy atom. The predicted molar refractivity (Wildman–Crippen MR) is 149 cm³/mol. The lowest BCUT2D eigenvalue weighted by Gasteiger charge is -2.12. The zero-order chi connectivity index (χ0) is 27.2. The van der Waals surface area contributed by atoms with Crippen molar-refractivity contribution in [1.82, 2.24) is 9.78 Å². The van der Waals surface area contributed by atoms with Crippen molar-refractivity contribution in [3.8, 4) is 22.3 Å². The molecule has 0 atom stereocenters. The minimum Gasteiger partial charge on any atom is -0.321 e. The third-order valence-corrected chi connectivity index (χ3v) is 6.10. The molecule has 0 fully saturated rings. The number of aryl methyl sites for hydroxylation is 3. The molecule has 0 spiro atoms. The Morgan fingerprint density at radius 2 is 1.47 bits per heavy atom. The minimum atomic E-state index is -0.346. The van der Waals surface area contributed by atoms with Crippen LogP contribution >= 0.6 is 11.6 Å². The summed E-state index contributed by atoms with van der Waals surface area (Å²) in [4.78, 5) is 12.5. The van der Waals surface area contributed by atoms with Gasteiger partial charge in [-0.3, -0.25) is 9.48 Å². The van der Waals surface area contributed by atoms with Crippen LogP contribution in [-0.4, -0.2) is 15.7 Å². The number of benzene rings is 4. The van der Waals surface area contributed by atoms with Crippen LogP contribution < -0.4 is 5.32 Å². The van der Waals surface area contributed by atoms with Crippen LogP contribution in [0, 0.1) is 25.5 Å². The fraction of sp³-hybridized carbons (Fsp3) is 0.0968. The van der Waals surface area contributed by atoms with Crippen molar-refractivity contribution < 1.29 is 13.6 Å². The summed E-state index contributed by atoms with van der Waals surface area (Å²) in [6.07, 6.45) is 1.67. The van der Waals surface area contributed by atoms with Crippen LogP contribution in [0.15, 0.2) is 97.2 Å². The molecule has 5 aromatic rings. The first-order chi connectivity index (χ1) is 18.2. The Labute approximate surface area is 225 Å². The average molecular weight is 530 g/mol. The molecule has 1 amide bonds. The maximum absolute atomic E-state index is 13.7. The Kier molecular flexibility index (Phi) is 8.34. The van der Waals surface area contributed by atoms with Gasteiger partial charge in [-0.15, -0.1) is 0 Å². The van der Waals surface area contributed by atoms with Gasteiger partial charge in [-0.05, 0) is 73.0 Å². The molecule has 4 aromatic carbocycles. The number of hydrogen-bond donors (Lipinski definition) is 1. The van der Waals surface area contributed by atoms with E-state index < -0.39 is 0 Å². The molecule has 0 unspecified atom stereocenters. The molecular weight excluding hydrogens is 504 g/mol. The molecule has 0 saturated heterocycles. The number of nitrogens with zero attached hydrogens (tertiary/aromatic N) is 2. The quantitative estimate of drug-likeness (QED) is 0.255. The summed E-state index contributed by atoms with van der Waals surface area (Å²) in [7, 11) is 1.76. The maximum Gasteiger partial charge on any atom is 0.259 e. The lowest BCUT2D eigenvalue weighted by molar-refractivity contribution is 0.102. The molecule has 0 saturated carbocycles. The molecule has 4 nitrogen and oxygen atoms in total. The number of hydrogen-bond acceptors (Lipinski definition) is 2. The molecule has 0 aliphatic carbocycles. The number of aromatic nitrogens is 2. The molecule has 7 heteroatoms. The SMILES string of the molecule is Cc1ccc(-c2cc(F)ccc2NC(=O)c2cn(C)nc2C)cc1.Fc1cccc(-c2ccc(Cl)cc2)c1. The molecule has 1 aromatic heterocycles. The van der Waals surface area contributed by atoms with Crippen LogP contribution in [0.1, 0.15) is 21.6 Å². The summed E-state index contributed by atoms with van der Waals surface area (Å²) in [6, 6.07) is 25.9. The van der Waals surface area contributed by atoms with Gasteiger partial charge in [0.05, 0.1) is 11.3 Å². The lowest BCUT2D eigenvalue weighted by atomic mass is 10.0. The van der Waals surface area contributed by atoms with E-state index in [0.717, 1.165) is 22.3 Å². The molecular formula is C31H26ClF2N3O. The number of carbonyl (C=O) groups excluding carboxylic acids is 1. The highest BCUT2D eigenvalue weighted by molar-refractivity contribution is 6.30. The van der Waals surface area contributed by atoms with Gasteiger partial charge in [-0.2, -0.15) is 5.10 Å². The highest BCUT2D eigenvalue weighted by atomic mass is 35.5. The Hall–Kier alpha value is -4.29. The molecule has 1 heterocycles. The minimum absolute atomic E-state index is 0.225. The van der Waals surface area contributed by atoms with Crippen LogP contribution in [0.25, 0.3) is 22.3 Å². The highest BCUT2D eigenvalue weighted by Crippen LogP contribution is 2.30. The first-order valence-corrected chi connectivity index (χ1v) is 12.3. The normalized spacial score (nSPS) is 10.5.